The second-order valence-electron chi connectivity index (χ2n) is 5.42. The van der Waals surface area contributed by atoms with Gasteiger partial charge in [-0.3, -0.25) is 9.79 Å². The number of carbonyl (C=O) groups is 1. The molecule has 1 heterocycles. The number of esters is 1. The lowest BCUT2D eigenvalue weighted by Crippen LogP contribution is -2.48. The quantitative estimate of drug-likeness (QED) is 0.345. The number of piperidine rings is 1. The Bertz CT molecular complexity index is 508. The summed E-state index contributed by atoms with van der Waals surface area (Å²) >= 11 is 0. The molecule has 0 bridgehead atoms. The average molecular weight is 431 g/mol. The van der Waals surface area contributed by atoms with E-state index < -0.39 is 0 Å². The summed E-state index contributed by atoms with van der Waals surface area (Å²) in [7, 11) is 1.78. The number of rotatable bonds is 4. The lowest BCUT2D eigenvalue weighted by Gasteiger charge is -2.34. The summed E-state index contributed by atoms with van der Waals surface area (Å²) in [6, 6.07) is 10.2. The molecule has 1 aliphatic rings. The van der Waals surface area contributed by atoms with Crippen molar-refractivity contribution in [3.05, 3.63) is 35.9 Å². The van der Waals surface area contributed by atoms with Gasteiger partial charge in [0, 0.05) is 26.7 Å². The molecule has 1 aromatic rings. The molecule has 0 aromatic heterocycles. The van der Waals surface area contributed by atoms with Crippen molar-refractivity contribution in [3.63, 3.8) is 0 Å². The number of ether oxygens (including phenoxy) is 1. The number of hydrogen-bond donors (Lipinski definition) is 1. The first-order valence-corrected chi connectivity index (χ1v) is 7.90. The van der Waals surface area contributed by atoms with Crippen LogP contribution < -0.4 is 5.32 Å². The van der Waals surface area contributed by atoms with Gasteiger partial charge >= 0.3 is 5.97 Å². The van der Waals surface area contributed by atoms with Gasteiger partial charge in [-0.25, -0.2) is 0 Å². The highest BCUT2D eigenvalue weighted by Crippen LogP contribution is 2.18. The van der Waals surface area contributed by atoms with E-state index in [4.69, 9.17) is 4.74 Å². The van der Waals surface area contributed by atoms with Gasteiger partial charge in [0.15, 0.2) is 5.96 Å². The number of nitrogens with zero attached hydrogens (tertiary/aromatic N) is 2. The molecule has 2 rings (SSSR count). The molecule has 5 nitrogen and oxygen atoms in total. The van der Waals surface area contributed by atoms with Gasteiger partial charge in [-0.2, -0.15) is 0 Å². The van der Waals surface area contributed by atoms with Crippen molar-refractivity contribution in [2.24, 2.45) is 10.9 Å². The Kier molecular flexibility index (Phi) is 8.98. The fourth-order valence-electron chi connectivity index (χ4n) is 2.73. The second-order valence-corrected chi connectivity index (χ2v) is 5.42. The molecule has 0 amide bonds. The maximum absolute atomic E-state index is 11.9. The molecule has 128 valence electrons. The molecule has 0 aliphatic carbocycles. The third-order valence-electron chi connectivity index (χ3n) is 3.85. The highest BCUT2D eigenvalue weighted by Gasteiger charge is 2.28. The van der Waals surface area contributed by atoms with Crippen LogP contribution in [0.25, 0.3) is 0 Å². The minimum Gasteiger partial charge on any atom is -0.466 e. The van der Waals surface area contributed by atoms with Crippen molar-refractivity contribution in [2.75, 3.05) is 26.7 Å². The molecule has 1 unspecified atom stereocenters. The van der Waals surface area contributed by atoms with Gasteiger partial charge in [-0.05, 0) is 25.3 Å². The van der Waals surface area contributed by atoms with Gasteiger partial charge in [0.05, 0.1) is 12.5 Å². The van der Waals surface area contributed by atoms with Gasteiger partial charge in [-0.15, -0.1) is 24.0 Å². The normalized spacial score (nSPS) is 18.1. The van der Waals surface area contributed by atoms with Crippen LogP contribution in [0.5, 0.6) is 0 Å². The van der Waals surface area contributed by atoms with Crippen molar-refractivity contribution in [1.29, 1.82) is 0 Å². The number of aliphatic imine (C=N–C) groups is 1. The van der Waals surface area contributed by atoms with E-state index in [-0.39, 0.29) is 35.9 Å². The van der Waals surface area contributed by atoms with Crippen molar-refractivity contribution >= 4 is 35.9 Å². The zero-order chi connectivity index (χ0) is 15.8. The molecule has 1 aliphatic heterocycles. The van der Waals surface area contributed by atoms with Crippen molar-refractivity contribution < 1.29 is 9.53 Å². The number of nitrogens with one attached hydrogen (secondary N) is 1. The third kappa shape index (κ3) is 6.01. The standard InChI is InChI=1S/C17H25N3O2.HI/c1-3-22-16(21)15-10-7-11-20(13-15)17(18-2)19-12-14-8-5-4-6-9-14;/h4-6,8-9,15H,3,7,10-13H2,1-2H3,(H,18,19);1H. The Morgan fingerprint density at radius 2 is 2.13 bits per heavy atom. The molecule has 1 saturated heterocycles. The van der Waals surface area contributed by atoms with Gasteiger partial charge in [0.2, 0.25) is 0 Å². The van der Waals surface area contributed by atoms with Gasteiger partial charge in [-0.1, -0.05) is 30.3 Å². The number of carbonyl (C=O) groups excluding carboxylic acids is 1. The fourth-order valence-corrected chi connectivity index (χ4v) is 2.73. The van der Waals surface area contributed by atoms with Crippen LogP contribution in [0.4, 0.5) is 0 Å². The van der Waals surface area contributed by atoms with Crippen LogP contribution in [0.2, 0.25) is 0 Å². The molecule has 0 radical (unpaired) electrons. The predicted octanol–water partition coefficient (Wildman–Crippen LogP) is 2.66. The zero-order valence-electron chi connectivity index (χ0n) is 13.8. The first-order chi connectivity index (χ1) is 10.7. The lowest BCUT2D eigenvalue weighted by atomic mass is 9.98. The van der Waals surface area contributed by atoms with Crippen LogP contribution in [-0.4, -0.2) is 43.6 Å². The molecule has 1 N–H and O–H groups in total. The maximum Gasteiger partial charge on any atom is 0.310 e. The number of guanidine groups is 1. The monoisotopic (exact) mass is 431 g/mol. The molecule has 0 saturated carbocycles. The Morgan fingerprint density at radius 3 is 2.78 bits per heavy atom. The number of benzene rings is 1. The van der Waals surface area contributed by atoms with Crippen molar-refractivity contribution in [2.45, 2.75) is 26.3 Å². The molecule has 23 heavy (non-hydrogen) atoms. The summed E-state index contributed by atoms with van der Waals surface area (Å²) in [5.74, 6) is 0.701. The molecule has 1 atom stereocenters. The van der Waals surface area contributed by atoms with E-state index in [1.54, 1.807) is 7.05 Å². The minimum absolute atomic E-state index is 0. The summed E-state index contributed by atoms with van der Waals surface area (Å²) < 4.78 is 5.15. The zero-order valence-corrected chi connectivity index (χ0v) is 16.2. The van der Waals surface area contributed by atoms with Crippen molar-refractivity contribution in [3.8, 4) is 0 Å². The first-order valence-electron chi connectivity index (χ1n) is 7.90. The summed E-state index contributed by atoms with van der Waals surface area (Å²) in [5.41, 5.74) is 1.21. The van der Waals surface area contributed by atoms with E-state index in [2.05, 4.69) is 27.3 Å². The van der Waals surface area contributed by atoms with Gasteiger partial charge in [0.1, 0.15) is 0 Å². The van der Waals surface area contributed by atoms with Crippen LogP contribution in [0.3, 0.4) is 0 Å². The van der Waals surface area contributed by atoms with Gasteiger partial charge in [0.25, 0.3) is 0 Å². The SMILES string of the molecule is CCOC(=O)C1CCCN(C(=NC)NCc2ccccc2)C1.I. The number of halogens is 1. The Balaban J connectivity index is 0.00000264. The molecular formula is C17H26IN3O2. The summed E-state index contributed by atoms with van der Waals surface area (Å²) in [5, 5.41) is 3.37. The molecule has 0 spiro atoms. The average Bonchev–Trinajstić information content (AvgIpc) is 2.57. The maximum atomic E-state index is 11.9. The third-order valence-corrected chi connectivity index (χ3v) is 3.85. The van der Waals surface area contributed by atoms with Crippen LogP contribution in [-0.2, 0) is 16.1 Å². The Morgan fingerprint density at radius 1 is 1.39 bits per heavy atom. The molecule has 1 aromatic carbocycles. The second kappa shape index (κ2) is 10.5. The largest absolute Gasteiger partial charge is 0.466 e. The number of hydrogen-bond acceptors (Lipinski definition) is 3. The number of likely N-dealkylation sites (tertiary alicyclic amines) is 1. The van der Waals surface area contributed by atoms with Crippen LogP contribution in [0.1, 0.15) is 25.3 Å². The van der Waals surface area contributed by atoms with Crippen molar-refractivity contribution in [1.82, 2.24) is 10.2 Å². The molecule has 6 heteroatoms. The summed E-state index contributed by atoms with van der Waals surface area (Å²) in [6.45, 7) is 4.61. The first kappa shape index (κ1) is 19.7. The van der Waals surface area contributed by atoms with E-state index in [1.165, 1.54) is 5.56 Å². The van der Waals surface area contributed by atoms with E-state index >= 15 is 0 Å². The van der Waals surface area contributed by atoms with Crippen LogP contribution in [0.15, 0.2) is 35.3 Å². The summed E-state index contributed by atoms with van der Waals surface area (Å²) in [4.78, 5) is 18.4. The van der Waals surface area contributed by atoms with Crippen LogP contribution >= 0.6 is 24.0 Å². The van der Waals surface area contributed by atoms with E-state index in [1.807, 2.05) is 25.1 Å². The molecular weight excluding hydrogens is 405 g/mol. The Labute approximate surface area is 155 Å². The predicted molar refractivity (Wildman–Crippen MR) is 103 cm³/mol. The smallest absolute Gasteiger partial charge is 0.310 e. The highest BCUT2D eigenvalue weighted by molar-refractivity contribution is 14.0. The highest BCUT2D eigenvalue weighted by atomic mass is 127. The van der Waals surface area contributed by atoms with Crippen LogP contribution in [0, 0.1) is 5.92 Å². The molecule has 1 fully saturated rings. The van der Waals surface area contributed by atoms with Gasteiger partial charge < -0.3 is 15.0 Å². The van der Waals surface area contributed by atoms with E-state index in [0.717, 1.165) is 31.9 Å². The summed E-state index contributed by atoms with van der Waals surface area (Å²) in [6.07, 6.45) is 1.88. The topological polar surface area (TPSA) is 53.9 Å². The Hall–Kier alpha value is -1.31. The van der Waals surface area contributed by atoms with E-state index in [9.17, 15) is 4.79 Å². The van der Waals surface area contributed by atoms with E-state index in [0.29, 0.717) is 13.2 Å². The lowest BCUT2D eigenvalue weighted by molar-refractivity contribution is -0.149. The fraction of sp³-hybridized carbons (Fsp3) is 0.529. The minimum atomic E-state index is -0.0919.